The fourth-order valence-corrected chi connectivity index (χ4v) is 3.81. The average Bonchev–Trinajstić information content (AvgIpc) is 3.33. The number of benzene rings is 2. The smallest absolute Gasteiger partial charge is 0.310 e. The van der Waals surface area contributed by atoms with Crippen molar-refractivity contribution in [3.05, 3.63) is 109 Å². The minimum Gasteiger partial charge on any atom is -0.310 e. The number of hydrogen-bond acceptors (Lipinski definition) is 5. The molecule has 0 atom stereocenters. The third-order valence-corrected chi connectivity index (χ3v) is 5.60. The van der Waals surface area contributed by atoms with Gasteiger partial charge in [0.05, 0.1) is 23.4 Å². The predicted molar refractivity (Wildman–Crippen MR) is 132 cm³/mol. The van der Waals surface area contributed by atoms with Crippen molar-refractivity contribution in [3.8, 4) is 28.1 Å². The summed E-state index contributed by atoms with van der Waals surface area (Å²) in [6, 6.07) is 21.3. The van der Waals surface area contributed by atoms with Crippen molar-refractivity contribution in [2.75, 3.05) is 5.32 Å². The Labute approximate surface area is 209 Å². The summed E-state index contributed by atoms with van der Waals surface area (Å²) in [5, 5.41) is 11.1. The zero-order chi connectivity index (χ0) is 25.8. The van der Waals surface area contributed by atoms with Crippen molar-refractivity contribution in [2.45, 2.75) is 12.6 Å². The number of halogens is 3. The Hall–Kier alpha value is -4.86. The first-order chi connectivity index (χ1) is 17.9. The van der Waals surface area contributed by atoms with E-state index in [1.807, 2.05) is 36.4 Å². The summed E-state index contributed by atoms with van der Waals surface area (Å²) in [4.78, 5) is 21.2. The number of anilines is 1. The molecule has 10 heteroatoms. The fraction of sp³-hybridized carbons (Fsp3) is 0.0741. The van der Waals surface area contributed by atoms with Gasteiger partial charge in [-0.1, -0.05) is 47.7 Å². The highest BCUT2D eigenvalue weighted by atomic mass is 19.4. The first kappa shape index (κ1) is 23.9. The molecular weight excluding hydrogens is 481 g/mol. The second-order valence-corrected chi connectivity index (χ2v) is 8.10. The highest BCUT2D eigenvalue weighted by molar-refractivity contribution is 5.92. The summed E-state index contributed by atoms with van der Waals surface area (Å²) in [5.74, 6) is -0.0304. The van der Waals surface area contributed by atoms with Crippen molar-refractivity contribution in [1.29, 1.82) is 0 Å². The average molecular weight is 500 g/mol. The molecule has 0 aliphatic rings. The van der Waals surface area contributed by atoms with E-state index in [2.05, 4.69) is 25.6 Å². The van der Waals surface area contributed by atoms with Crippen molar-refractivity contribution in [2.24, 2.45) is 0 Å². The Kier molecular flexibility index (Phi) is 6.46. The second-order valence-electron chi connectivity index (χ2n) is 8.10. The molecule has 2 aromatic carbocycles. The molecule has 5 rings (SSSR count). The molecule has 184 valence electrons. The van der Waals surface area contributed by atoms with Crippen LogP contribution in [0.2, 0.25) is 0 Å². The normalized spacial score (nSPS) is 11.3. The maximum atomic E-state index is 13.1. The van der Waals surface area contributed by atoms with Gasteiger partial charge in [0.15, 0.2) is 0 Å². The molecule has 3 heterocycles. The molecule has 1 amide bonds. The van der Waals surface area contributed by atoms with Crippen LogP contribution in [0, 0.1) is 0 Å². The first-order valence-electron chi connectivity index (χ1n) is 11.2. The van der Waals surface area contributed by atoms with Crippen molar-refractivity contribution >= 4 is 11.7 Å². The van der Waals surface area contributed by atoms with Crippen LogP contribution in [0.15, 0.2) is 97.5 Å². The van der Waals surface area contributed by atoms with Gasteiger partial charge in [-0.05, 0) is 42.0 Å². The summed E-state index contributed by atoms with van der Waals surface area (Å²) < 4.78 is 40.7. The fourth-order valence-electron chi connectivity index (χ4n) is 3.81. The van der Waals surface area contributed by atoms with Crippen LogP contribution in [-0.4, -0.2) is 30.9 Å². The van der Waals surface area contributed by atoms with Crippen LogP contribution in [0.5, 0.6) is 0 Å². The number of nitrogens with zero attached hydrogens (tertiary/aromatic N) is 5. The van der Waals surface area contributed by atoms with E-state index in [1.54, 1.807) is 36.8 Å². The molecule has 0 spiro atoms. The van der Waals surface area contributed by atoms with Gasteiger partial charge in [-0.25, -0.2) is 9.67 Å². The van der Waals surface area contributed by atoms with E-state index in [0.717, 1.165) is 23.3 Å². The van der Waals surface area contributed by atoms with Gasteiger partial charge in [0.25, 0.3) is 0 Å². The molecule has 37 heavy (non-hydrogen) atoms. The molecule has 0 unspecified atom stereocenters. The van der Waals surface area contributed by atoms with E-state index in [0.29, 0.717) is 28.5 Å². The van der Waals surface area contributed by atoms with Crippen molar-refractivity contribution in [3.63, 3.8) is 0 Å². The molecule has 0 aliphatic heterocycles. The van der Waals surface area contributed by atoms with E-state index in [4.69, 9.17) is 0 Å². The summed E-state index contributed by atoms with van der Waals surface area (Å²) in [6.07, 6.45) is 0.158. The van der Waals surface area contributed by atoms with E-state index >= 15 is 0 Å². The third-order valence-electron chi connectivity index (χ3n) is 5.60. The zero-order valence-corrected chi connectivity index (χ0v) is 19.2. The highest BCUT2D eigenvalue weighted by Gasteiger charge is 2.30. The summed E-state index contributed by atoms with van der Waals surface area (Å²) in [5.41, 5.74) is 2.87. The lowest BCUT2D eigenvalue weighted by Gasteiger charge is -2.11. The summed E-state index contributed by atoms with van der Waals surface area (Å²) in [6.45, 7) is 0. The Morgan fingerprint density at radius 3 is 2.19 bits per heavy atom. The predicted octanol–water partition coefficient (Wildman–Crippen LogP) is 5.59. The quantitative estimate of drug-likeness (QED) is 0.329. The number of hydrogen-bond donors (Lipinski definition) is 1. The van der Waals surface area contributed by atoms with Gasteiger partial charge in [0, 0.05) is 29.7 Å². The molecule has 0 saturated carbocycles. The lowest BCUT2D eigenvalue weighted by Crippen LogP contribution is -2.16. The number of alkyl halides is 3. The van der Waals surface area contributed by atoms with Gasteiger partial charge in [0.1, 0.15) is 11.5 Å². The summed E-state index contributed by atoms with van der Waals surface area (Å²) in [7, 11) is 0. The third kappa shape index (κ3) is 5.37. The van der Waals surface area contributed by atoms with Gasteiger partial charge >= 0.3 is 6.18 Å². The number of rotatable bonds is 6. The maximum Gasteiger partial charge on any atom is 0.416 e. The number of carbonyl (C=O) groups excluding carboxylic acids is 1. The SMILES string of the molecule is O=C(Cc1nnn(-c2ccncc2)c1-c1ccc(C(F)(F)F)cc1)Nc1ccc(-c2ccccc2)cn1. The first-order valence-corrected chi connectivity index (χ1v) is 11.2. The Bertz CT molecular complexity index is 1500. The number of pyridine rings is 2. The molecule has 5 aromatic rings. The molecule has 0 bridgehead atoms. The molecule has 1 N–H and O–H groups in total. The topological polar surface area (TPSA) is 85.6 Å². The van der Waals surface area contributed by atoms with Gasteiger partial charge in [-0.15, -0.1) is 5.10 Å². The summed E-state index contributed by atoms with van der Waals surface area (Å²) >= 11 is 0. The van der Waals surface area contributed by atoms with E-state index in [9.17, 15) is 18.0 Å². The van der Waals surface area contributed by atoms with Crippen LogP contribution in [0.1, 0.15) is 11.3 Å². The van der Waals surface area contributed by atoms with E-state index < -0.39 is 17.6 Å². The Morgan fingerprint density at radius 1 is 0.838 bits per heavy atom. The standard InChI is InChI=1S/C27H19F3N6O/c28-27(29,30)21-9-6-19(7-10-21)26-23(34-35-36(26)22-12-14-31-15-13-22)16-25(37)33-24-11-8-20(17-32-24)18-4-2-1-3-5-18/h1-15,17H,16H2,(H,32,33,37). The van der Waals surface area contributed by atoms with Gasteiger partial charge in [-0.3, -0.25) is 9.78 Å². The Balaban J connectivity index is 1.41. The molecule has 7 nitrogen and oxygen atoms in total. The number of carbonyl (C=O) groups is 1. The minimum absolute atomic E-state index is 0.163. The molecule has 3 aromatic heterocycles. The number of nitrogens with one attached hydrogen (secondary N) is 1. The van der Waals surface area contributed by atoms with E-state index in [1.165, 1.54) is 16.8 Å². The monoisotopic (exact) mass is 500 g/mol. The van der Waals surface area contributed by atoms with Gasteiger partial charge < -0.3 is 5.32 Å². The van der Waals surface area contributed by atoms with Crippen LogP contribution in [-0.2, 0) is 17.4 Å². The van der Waals surface area contributed by atoms with Crippen molar-refractivity contribution < 1.29 is 18.0 Å². The van der Waals surface area contributed by atoms with Crippen LogP contribution in [0.25, 0.3) is 28.1 Å². The maximum absolute atomic E-state index is 13.1. The van der Waals surface area contributed by atoms with E-state index in [-0.39, 0.29) is 6.42 Å². The van der Waals surface area contributed by atoms with Gasteiger partial charge in [-0.2, -0.15) is 13.2 Å². The van der Waals surface area contributed by atoms with Crippen LogP contribution < -0.4 is 5.32 Å². The van der Waals surface area contributed by atoms with Gasteiger partial charge in [0.2, 0.25) is 5.91 Å². The lowest BCUT2D eigenvalue weighted by molar-refractivity contribution is -0.137. The molecule has 0 fully saturated rings. The van der Waals surface area contributed by atoms with Crippen LogP contribution >= 0.6 is 0 Å². The highest BCUT2D eigenvalue weighted by Crippen LogP contribution is 2.32. The molecular formula is C27H19F3N6O. The minimum atomic E-state index is -4.46. The Morgan fingerprint density at radius 2 is 1.54 bits per heavy atom. The van der Waals surface area contributed by atoms with Crippen molar-refractivity contribution in [1.82, 2.24) is 25.0 Å². The number of amides is 1. The lowest BCUT2D eigenvalue weighted by atomic mass is 10.1. The zero-order valence-electron chi connectivity index (χ0n) is 19.2. The molecule has 0 saturated heterocycles. The van der Waals surface area contributed by atoms with Crippen LogP contribution in [0.4, 0.5) is 19.0 Å². The van der Waals surface area contributed by atoms with Crippen LogP contribution in [0.3, 0.4) is 0 Å². The number of aromatic nitrogens is 5. The molecule has 0 radical (unpaired) electrons. The largest absolute Gasteiger partial charge is 0.416 e. The second kappa shape index (κ2) is 10.0. The molecule has 0 aliphatic carbocycles.